The number of nitrogens with one attached hydrogen (secondary N) is 1. The molecule has 106 valence electrons. The van der Waals surface area contributed by atoms with Gasteiger partial charge in [-0.1, -0.05) is 0 Å². The summed E-state index contributed by atoms with van der Waals surface area (Å²) in [5, 5.41) is 14.0. The smallest absolute Gasteiger partial charge is 0.305 e. The average molecular weight is 300 g/mol. The lowest BCUT2D eigenvalue weighted by atomic mass is 10.1. The summed E-state index contributed by atoms with van der Waals surface area (Å²) in [6.45, 7) is 3.74. The van der Waals surface area contributed by atoms with E-state index in [-0.39, 0.29) is 11.9 Å². The summed E-state index contributed by atoms with van der Waals surface area (Å²) in [6, 6.07) is 1.68. The number of anilines is 1. The van der Waals surface area contributed by atoms with Crippen LogP contribution in [0.25, 0.3) is 11.4 Å². The Morgan fingerprint density at radius 1 is 1.40 bits per heavy atom. The van der Waals surface area contributed by atoms with Gasteiger partial charge in [0.05, 0.1) is 10.5 Å². The molecule has 20 heavy (non-hydrogen) atoms. The number of hydrogen-bond acceptors (Lipinski definition) is 6. The minimum absolute atomic E-state index is 0.0793. The van der Waals surface area contributed by atoms with Crippen molar-refractivity contribution in [3.8, 4) is 11.4 Å². The Balaban J connectivity index is 2.49. The highest BCUT2D eigenvalue weighted by Gasteiger charge is 2.25. The van der Waals surface area contributed by atoms with E-state index >= 15 is 0 Å². The van der Waals surface area contributed by atoms with Crippen molar-refractivity contribution >= 4 is 22.4 Å². The van der Waals surface area contributed by atoms with Crippen LogP contribution in [0, 0.1) is 21.7 Å². The predicted molar refractivity (Wildman–Crippen MR) is 70.7 cm³/mol. The van der Waals surface area contributed by atoms with E-state index in [0.29, 0.717) is 5.13 Å². The van der Waals surface area contributed by atoms with Gasteiger partial charge in [0.15, 0.2) is 5.82 Å². The molecule has 0 aliphatic heterocycles. The molecule has 1 aromatic heterocycles. The molecule has 1 heterocycles. The summed E-state index contributed by atoms with van der Waals surface area (Å²) in [5.74, 6) is -2.43. The van der Waals surface area contributed by atoms with Gasteiger partial charge in [-0.25, -0.2) is 4.39 Å². The standard InChI is InChI=1S/C11H10F2N4O2S/c1-5(2)14-11-15-10(16-20-11)8-6(12)3-4-7(9(8)13)17(18)19/h3-5H,1-2H3,(H,14,15,16). The molecule has 0 saturated carbocycles. The monoisotopic (exact) mass is 300 g/mol. The van der Waals surface area contributed by atoms with Crippen LogP contribution >= 0.6 is 11.5 Å². The quantitative estimate of drug-likeness (QED) is 0.692. The number of nitrogens with zero attached hydrogens (tertiary/aromatic N) is 3. The van der Waals surface area contributed by atoms with Gasteiger partial charge >= 0.3 is 5.69 Å². The van der Waals surface area contributed by atoms with Crippen molar-refractivity contribution in [2.45, 2.75) is 19.9 Å². The highest BCUT2D eigenvalue weighted by atomic mass is 32.1. The van der Waals surface area contributed by atoms with Crippen LogP contribution in [0.1, 0.15) is 13.8 Å². The Kier molecular flexibility index (Phi) is 3.89. The molecule has 0 atom stereocenters. The van der Waals surface area contributed by atoms with E-state index in [1.54, 1.807) is 0 Å². The molecule has 2 rings (SSSR count). The van der Waals surface area contributed by atoms with Gasteiger partial charge in [-0.15, -0.1) is 0 Å². The zero-order valence-electron chi connectivity index (χ0n) is 10.6. The maximum atomic E-state index is 14.0. The molecule has 0 bridgehead atoms. The van der Waals surface area contributed by atoms with Crippen molar-refractivity contribution in [3.63, 3.8) is 0 Å². The molecule has 0 saturated heterocycles. The molecule has 2 aromatic rings. The highest BCUT2D eigenvalue weighted by Crippen LogP contribution is 2.31. The largest absolute Gasteiger partial charge is 0.358 e. The fourth-order valence-electron chi connectivity index (χ4n) is 1.52. The minimum Gasteiger partial charge on any atom is -0.358 e. The van der Waals surface area contributed by atoms with Gasteiger partial charge in [-0.3, -0.25) is 10.1 Å². The normalized spacial score (nSPS) is 10.8. The second kappa shape index (κ2) is 5.45. The number of nitro groups is 1. The van der Waals surface area contributed by atoms with E-state index < -0.39 is 27.8 Å². The lowest BCUT2D eigenvalue weighted by Gasteiger charge is -2.04. The molecule has 0 radical (unpaired) electrons. The summed E-state index contributed by atoms with van der Waals surface area (Å²) in [7, 11) is 0. The molecule has 6 nitrogen and oxygen atoms in total. The van der Waals surface area contributed by atoms with Crippen LogP contribution in [-0.4, -0.2) is 20.3 Å². The lowest BCUT2D eigenvalue weighted by molar-refractivity contribution is -0.387. The Morgan fingerprint density at radius 3 is 2.70 bits per heavy atom. The molecular formula is C11H10F2N4O2S. The van der Waals surface area contributed by atoms with Crippen LogP contribution in [0.15, 0.2) is 12.1 Å². The number of rotatable bonds is 4. The van der Waals surface area contributed by atoms with Crippen molar-refractivity contribution in [1.82, 2.24) is 9.36 Å². The van der Waals surface area contributed by atoms with E-state index in [9.17, 15) is 18.9 Å². The van der Waals surface area contributed by atoms with Crippen LogP contribution < -0.4 is 5.32 Å². The zero-order chi connectivity index (χ0) is 14.9. The van der Waals surface area contributed by atoms with E-state index in [1.807, 2.05) is 13.8 Å². The number of benzene rings is 1. The first-order valence-corrected chi connectivity index (χ1v) is 6.40. The summed E-state index contributed by atoms with van der Waals surface area (Å²) in [6.07, 6.45) is 0. The van der Waals surface area contributed by atoms with Crippen LogP contribution in [0.3, 0.4) is 0 Å². The predicted octanol–water partition coefficient (Wildman–Crippen LogP) is 3.21. The third-order valence-electron chi connectivity index (χ3n) is 2.33. The second-order valence-corrected chi connectivity index (χ2v) is 4.99. The van der Waals surface area contributed by atoms with Crippen molar-refractivity contribution in [2.75, 3.05) is 5.32 Å². The third-order valence-corrected chi connectivity index (χ3v) is 2.98. The highest BCUT2D eigenvalue weighted by molar-refractivity contribution is 7.09. The molecular weight excluding hydrogens is 290 g/mol. The Morgan fingerprint density at radius 2 is 2.10 bits per heavy atom. The molecule has 0 fully saturated rings. The maximum absolute atomic E-state index is 14.0. The van der Waals surface area contributed by atoms with Gasteiger partial charge in [0, 0.05) is 23.6 Å². The third kappa shape index (κ3) is 2.72. The molecule has 0 amide bonds. The Bertz CT molecular complexity index is 660. The van der Waals surface area contributed by atoms with Crippen LogP contribution in [0.2, 0.25) is 0 Å². The van der Waals surface area contributed by atoms with Gasteiger partial charge in [0.1, 0.15) is 5.82 Å². The fourth-order valence-corrected chi connectivity index (χ4v) is 2.24. The molecule has 0 unspecified atom stereocenters. The van der Waals surface area contributed by atoms with E-state index in [4.69, 9.17) is 0 Å². The second-order valence-electron chi connectivity index (χ2n) is 4.23. The van der Waals surface area contributed by atoms with Crippen LogP contribution in [-0.2, 0) is 0 Å². The molecule has 0 aliphatic carbocycles. The lowest BCUT2D eigenvalue weighted by Crippen LogP contribution is -2.09. The molecule has 1 aromatic carbocycles. The molecule has 0 spiro atoms. The van der Waals surface area contributed by atoms with E-state index in [1.165, 1.54) is 0 Å². The summed E-state index contributed by atoms with van der Waals surface area (Å²) in [4.78, 5) is 13.7. The number of aromatic nitrogens is 2. The van der Waals surface area contributed by atoms with Crippen molar-refractivity contribution in [3.05, 3.63) is 33.9 Å². The first kappa shape index (κ1) is 14.3. The van der Waals surface area contributed by atoms with Gasteiger partial charge in [0.2, 0.25) is 10.9 Å². The minimum atomic E-state index is -1.27. The van der Waals surface area contributed by atoms with Crippen molar-refractivity contribution in [2.24, 2.45) is 0 Å². The van der Waals surface area contributed by atoms with Gasteiger partial charge in [-0.05, 0) is 19.9 Å². The Labute approximate surface area is 116 Å². The van der Waals surface area contributed by atoms with Gasteiger partial charge in [0.25, 0.3) is 0 Å². The topological polar surface area (TPSA) is 81.0 Å². The van der Waals surface area contributed by atoms with Crippen LogP contribution in [0.5, 0.6) is 0 Å². The zero-order valence-corrected chi connectivity index (χ0v) is 11.4. The van der Waals surface area contributed by atoms with E-state index in [0.717, 1.165) is 23.7 Å². The van der Waals surface area contributed by atoms with E-state index in [2.05, 4.69) is 14.7 Å². The number of halogens is 2. The number of hydrogen-bond donors (Lipinski definition) is 1. The first-order chi connectivity index (χ1) is 9.40. The van der Waals surface area contributed by atoms with Crippen molar-refractivity contribution in [1.29, 1.82) is 0 Å². The summed E-state index contributed by atoms with van der Waals surface area (Å²) >= 11 is 0.929. The first-order valence-electron chi connectivity index (χ1n) is 5.63. The SMILES string of the molecule is CC(C)Nc1nc(-c2c(F)ccc([N+](=O)[O-])c2F)ns1. The van der Waals surface area contributed by atoms with Gasteiger partial charge < -0.3 is 5.32 Å². The fraction of sp³-hybridized carbons (Fsp3) is 0.273. The summed E-state index contributed by atoms with van der Waals surface area (Å²) < 4.78 is 31.5. The molecule has 0 aliphatic rings. The van der Waals surface area contributed by atoms with Crippen molar-refractivity contribution < 1.29 is 13.7 Å². The van der Waals surface area contributed by atoms with Gasteiger partial charge in [-0.2, -0.15) is 13.7 Å². The summed E-state index contributed by atoms with van der Waals surface area (Å²) in [5.41, 5.74) is -1.40. The maximum Gasteiger partial charge on any atom is 0.305 e. The molecule has 1 N–H and O–H groups in total. The number of nitro benzene ring substituents is 1. The molecule has 9 heteroatoms. The average Bonchev–Trinajstić information content (AvgIpc) is 2.75. The Hall–Kier alpha value is -2.16. The van der Waals surface area contributed by atoms with Crippen LogP contribution in [0.4, 0.5) is 19.6 Å².